The molecule has 0 unspecified atom stereocenters. The van der Waals surface area contributed by atoms with Crippen LogP contribution in [-0.4, -0.2) is 53.7 Å². The topological polar surface area (TPSA) is 49.8 Å². The molecule has 0 aromatic heterocycles. The maximum atomic E-state index is 13.2. The van der Waals surface area contributed by atoms with Crippen LogP contribution in [0.5, 0.6) is 0 Å². The first-order chi connectivity index (χ1) is 7.37. The first-order valence-corrected chi connectivity index (χ1v) is 5.31. The van der Waals surface area contributed by atoms with Gasteiger partial charge in [-0.2, -0.15) is 0 Å². The number of rotatable bonds is 5. The van der Waals surface area contributed by atoms with Crippen molar-refractivity contribution in [1.29, 1.82) is 0 Å². The molecule has 1 fully saturated rings. The molecule has 0 radical (unpaired) electrons. The van der Waals surface area contributed by atoms with Gasteiger partial charge in [0.25, 0.3) is 5.92 Å². The van der Waals surface area contributed by atoms with Crippen molar-refractivity contribution in [3.05, 3.63) is 0 Å². The molecule has 1 saturated heterocycles. The summed E-state index contributed by atoms with van der Waals surface area (Å²) in [4.78, 5) is 12.1. The van der Waals surface area contributed by atoms with E-state index in [9.17, 15) is 13.6 Å². The molecule has 1 aliphatic rings. The van der Waals surface area contributed by atoms with Crippen LogP contribution < -0.4 is 0 Å². The fourth-order valence-corrected chi connectivity index (χ4v) is 1.93. The monoisotopic (exact) mass is 237 g/mol. The summed E-state index contributed by atoms with van der Waals surface area (Å²) in [5.41, 5.74) is 0. The van der Waals surface area contributed by atoms with Crippen molar-refractivity contribution in [1.82, 2.24) is 4.90 Å². The number of carboxylic acids is 1. The van der Waals surface area contributed by atoms with Crippen LogP contribution in [0.4, 0.5) is 8.78 Å². The van der Waals surface area contributed by atoms with Crippen LogP contribution in [0, 0.1) is 0 Å². The van der Waals surface area contributed by atoms with E-state index in [0.29, 0.717) is 6.61 Å². The lowest BCUT2D eigenvalue weighted by atomic mass is 10.2. The quantitative estimate of drug-likeness (QED) is 0.780. The predicted molar refractivity (Wildman–Crippen MR) is 53.6 cm³/mol. The van der Waals surface area contributed by atoms with Gasteiger partial charge in [0.05, 0.1) is 13.2 Å². The molecule has 0 saturated carbocycles. The number of carboxylic acid groups (broad SMARTS) is 1. The van der Waals surface area contributed by atoms with E-state index >= 15 is 0 Å². The number of likely N-dealkylation sites (tertiary alicyclic amines) is 1. The highest BCUT2D eigenvalue weighted by Crippen LogP contribution is 2.33. The van der Waals surface area contributed by atoms with Crippen molar-refractivity contribution >= 4 is 5.97 Å². The van der Waals surface area contributed by atoms with Gasteiger partial charge >= 0.3 is 5.97 Å². The van der Waals surface area contributed by atoms with Gasteiger partial charge in [0.15, 0.2) is 0 Å². The van der Waals surface area contributed by atoms with Crippen LogP contribution in [0.25, 0.3) is 0 Å². The average molecular weight is 237 g/mol. The highest BCUT2D eigenvalue weighted by atomic mass is 19.3. The second-order valence-corrected chi connectivity index (χ2v) is 4.06. The van der Waals surface area contributed by atoms with Crippen LogP contribution in [-0.2, 0) is 9.53 Å². The zero-order valence-electron chi connectivity index (χ0n) is 9.45. The van der Waals surface area contributed by atoms with E-state index in [1.807, 2.05) is 0 Å². The molecular formula is C10H17F2NO3. The minimum atomic E-state index is -2.81. The van der Waals surface area contributed by atoms with Gasteiger partial charge in [0.2, 0.25) is 0 Å². The summed E-state index contributed by atoms with van der Waals surface area (Å²) in [5, 5.41) is 8.83. The first kappa shape index (κ1) is 13.3. The predicted octanol–water partition coefficient (Wildman–Crippen LogP) is 1.21. The minimum Gasteiger partial charge on any atom is -0.480 e. The molecule has 2 atom stereocenters. The second kappa shape index (κ2) is 5.05. The lowest BCUT2D eigenvalue weighted by Crippen LogP contribution is -2.44. The Balaban J connectivity index is 2.67. The van der Waals surface area contributed by atoms with Crippen LogP contribution in [0.3, 0.4) is 0 Å². The lowest BCUT2D eigenvalue weighted by molar-refractivity contribution is -0.143. The Kier molecular flexibility index (Phi) is 4.21. The van der Waals surface area contributed by atoms with Crippen molar-refractivity contribution in [2.24, 2.45) is 0 Å². The van der Waals surface area contributed by atoms with E-state index in [0.717, 1.165) is 0 Å². The fraction of sp³-hybridized carbons (Fsp3) is 0.900. The van der Waals surface area contributed by atoms with E-state index in [-0.39, 0.29) is 13.0 Å². The smallest absolute Gasteiger partial charge is 0.320 e. The Hall–Kier alpha value is -0.750. The van der Waals surface area contributed by atoms with Crippen LogP contribution >= 0.6 is 0 Å². The number of hydrogen-bond acceptors (Lipinski definition) is 3. The third kappa shape index (κ3) is 3.12. The van der Waals surface area contributed by atoms with Crippen molar-refractivity contribution in [3.8, 4) is 0 Å². The maximum Gasteiger partial charge on any atom is 0.320 e. The highest BCUT2D eigenvalue weighted by Gasteiger charge is 2.47. The zero-order valence-corrected chi connectivity index (χ0v) is 9.45. The number of aliphatic carboxylic acids is 1. The summed E-state index contributed by atoms with van der Waals surface area (Å²) < 4.78 is 31.5. The Morgan fingerprint density at radius 3 is 2.81 bits per heavy atom. The molecule has 1 heterocycles. The summed E-state index contributed by atoms with van der Waals surface area (Å²) in [6.45, 7) is 3.29. The van der Waals surface area contributed by atoms with Crippen molar-refractivity contribution in [3.63, 3.8) is 0 Å². The van der Waals surface area contributed by atoms with E-state index in [4.69, 9.17) is 9.84 Å². The molecule has 0 bridgehead atoms. The molecule has 0 spiro atoms. The molecule has 0 aliphatic carbocycles. The van der Waals surface area contributed by atoms with Gasteiger partial charge in [-0.3, -0.25) is 9.69 Å². The number of ether oxygens (including phenoxy) is 1. The van der Waals surface area contributed by atoms with Crippen molar-refractivity contribution < 1.29 is 23.4 Å². The maximum absolute atomic E-state index is 13.2. The summed E-state index contributed by atoms with van der Waals surface area (Å²) >= 11 is 0. The molecule has 1 N–H and O–H groups in total. The molecule has 0 aromatic carbocycles. The van der Waals surface area contributed by atoms with E-state index in [1.54, 1.807) is 6.92 Å². The average Bonchev–Trinajstić information content (AvgIpc) is 2.49. The Morgan fingerprint density at radius 2 is 2.31 bits per heavy atom. The van der Waals surface area contributed by atoms with Gasteiger partial charge in [0.1, 0.15) is 6.04 Å². The molecular weight excluding hydrogens is 220 g/mol. The van der Waals surface area contributed by atoms with Crippen LogP contribution in [0.1, 0.15) is 20.3 Å². The number of carbonyl (C=O) groups is 1. The molecule has 4 nitrogen and oxygen atoms in total. The van der Waals surface area contributed by atoms with E-state index in [1.165, 1.54) is 11.8 Å². The van der Waals surface area contributed by atoms with Gasteiger partial charge in [0, 0.05) is 19.1 Å². The number of halogens is 2. The molecule has 16 heavy (non-hydrogen) atoms. The number of alkyl halides is 2. The highest BCUT2D eigenvalue weighted by molar-refractivity contribution is 5.73. The molecule has 0 aromatic rings. The summed E-state index contributed by atoms with van der Waals surface area (Å²) in [6.07, 6.45) is -0.329. The Bertz CT molecular complexity index is 260. The van der Waals surface area contributed by atoms with E-state index in [2.05, 4.69) is 0 Å². The third-order valence-corrected chi connectivity index (χ3v) is 2.79. The van der Waals surface area contributed by atoms with Gasteiger partial charge in [-0.05, 0) is 13.8 Å². The fourth-order valence-electron chi connectivity index (χ4n) is 1.93. The number of nitrogens with zero attached hydrogens (tertiary/aromatic N) is 1. The van der Waals surface area contributed by atoms with Gasteiger partial charge in [-0.25, -0.2) is 8.78 Å². The third-order valence-electron chi connectivity index (χ3n) is 2.79. The van der Waals surface area contributed by atoms with Crippen molar-refractivity contribution in [2.45, 2.75) is 38.3 Å². The summed E-state index contributed by atoms with van der Waals surface area (Å²) in [5.74, 6) is -3.90. The Labute approximate surface area is 93.2 Å². The van der Waals surface area contributed by atoms with Crippen LogP contribution in [0.2, 0.25) is 0 Å². The minimum absolute atomic E-state index is 0.156. The van der Waals surface area contributed by atoms with Gasteiger partial charge in [-0.1, -0.05) is 0 Å². The van der Waals surface area contributed by atoms with Gasteiger partial charge < -0.3 is 9.84 Å². The second-order valence-electron chi connectivity index (χ2n) is 4.06. The molecule has 0 amide bonds. The molecule has 6 heteroatoms. The van der Waals surface area contributed by atoms with Gasteiger partial charge in [-0.15, -0.1) is 0 Å². The first-order valence-electron chi connectivity index (χ1n) is 5.31. The molecule has 94 valence electrons. The van der Waals surface area contributed by atoms with E-state index < -0.39 is 30.5 Å². The Morgan fingerprint density at radius 1 is 1.69 bits per heavy atom. The molecule has 1 aliphatic heterocycles. The summed E-state index contributed by atoms with van der Waals surface area (Å²) in [7, 11) is 0. The molecule has 1 rings (SSSR count). The summed E-state index contributed by atoms with van der Waals surface area (Å²) in [6, 6.07) is -1.42. The number of hydrogen-bond donors (Lipinski definition) is 1. The van der Waals surface area contributed by atoms with Crippen LogP contribution in [0.15, 0.2) is 0 Å². The lowest BCUT2D eigenvalue weighted by Gasteiger charge is -2.26. The largest absolute Gasteiger partial charge is 0.480 e. The zero-order chi connectivity index (χ0) is 12.3. The van der Waals surface area contributed by atoms with Crippen molar-refractivity contribution in [2.75, 3.05) is 19.8 Å². The normalized spacial score (nSPS) is 26.9. The SMILES string of the molecule is CCOC[C@H]1CC(F)(F)CN1[C@H](C)C(=O)O. The standard InChI is InChI=1S/C10H17F2NO3/c1-3-16-5-8-4-10(11,12)6-13(8)7(2)9(14)15/h7-8H,3-6H2,1-2H3,(H,14,15)/t7-,8-/m1/s1.